The molecule has 1 aliphatic rings. The van der Waals surface area contributed by atoms with Gasteiger partial charge in [0, 0.05) is 13.1 Å². The highest BCUT2D eigenvalue weighted by Gasteiger charge is 2.25. The summed E-state index contributed by atoms with van der Waals surface area (Å²) in [6.45, 7) is 9.43. The van der Waals surface area contributed by atoms with E-state index >= 15 is 0 Å². The summed E-state index contributed by atoms with van der Waals surface area (Å²) in [4.78, 5) is 2.43. The van der Waals surface area contributed by atoms with Crippen LogP contribution in [0.3, 0.4) is 0 Å². The van der Waals surface area contributed by atoms with Crippen LogP contribution in [0.1, 0.15) is 49.0 Å². The predicted molar refractivity (Wildman–Crippen MR) is 80.3 cm³/mol. The van der Waals surface area contributed by atoms with E-state index in [0.29, 0.717) is 0 Å². The Morgan fingerprint density at radius 1 is 1.32 bits per heavy atom. The molecule has 0 aliphatic heterocycles. The van der Waals surface area contributed by atoms with Crippen molar-refractivity contribution in [1.82, 2.24) is 4.90 Å². The maximum absolute atomic E-state index is 10.5. The lowest BCUT2D eigenvalue weighted by Gasteiger charge is -2.25. The molecule has 1 aromatic carbocycles. The van der Waals surface area contributed by atoms with Gasteiger partial charge in [0.15, 0.2) is 0 Å². The van der Waals surface area contributed by atoms with Gasteiger partial charge in [-0.2, -0.15) is 0 Å². The van der Waals surface area contributed by atoms with Crippen molar-refractivity contribution in [2.75, 3.05) is 19.6 Å². The average molecular weight is 261 g/mol. The van der Waals surface area contributed by atoms with Crippen LogP contribution in [0, 0.1) is 19.8 Å². The van der Waals surface area contributed by atoms with E-state index in [4.69, 9.17) is 0 Å². The molecule has 0 heterocycles. The smallest absolute Gasteiger partial charge is 0.0919 e. The Balaban J connectivity index is 1.98. The van der Waals surface area contributed by atoms with Crippen molar-refractivity contribution in [2.45, 2.75) is 46.1 Å². The molecule has 1 N–H and O–H groups in total. The fourth-order valence-electron chi connectivity index (χ4n) is 2.78. The van der Waals surface area contributed by atoms with Crippen LogP contribution in [0.5, 0.6) is 0 Å². The fourth-order valence-corrected chi connectivity index (χ4v) is 2.78. The molecule has 2 rings (SSSR count). The second-order valence-corrected chi connectivity index (χ2v) is 6.08. The van der Waals surface area contributed by atoms with Crippen LogP contribution < -0.4 is 0 Å². The number of nitrogens with zero attached hydrogens (tertiary/aromatic N) is 1. The third-order valence-corrected chi connectivity index (χ3v) is 3.97. The van der Waals surface area contributed by atoms with E-state index in [1.165, 1.54) is 24.0 Å². The van der Waals surface area contributed by atoms with E-state index in [-0.39, 0.29) is 6.10 Å². The van der Waals surface area contributed by atoms with Crippen molar-refractivity contribution in [3.05, 3.63) is 34.9 Å². The molecule has 0 radical (unpaired) electrons. The minimum Gasteiger partial charge on any atom is -0.387 e. The zero-order valence-electron chi connectivity index (χ0n) is 12.5. The largest absolute Gasteiger partial charge is 0.387 e. The molecule has 2 nitrogen and oxygen atoms in total. The van der Waals surface area contributed by atoms with Crippen LogP contribution in [-0.4, -0.2) is 29.6 Å². The SMILES string of the molecule is CCCN(CC1CC1)CC(O)c1ccc(C)cc1C. The third-order valence-electron chi connectivity index (χ3n) is 3.97. The number of hydrogen-bond donors (Lipinski definition) is 1. The standard InChI is InChI=1S/C17H27NO/c1-4-9-18(11-15-6-7-15)12-17(19)16-8-5-13(2)10-14(16)3/h5,8,10,15,17,19H,4,6-7,9,11-12H2,1-3H3. The van der Waals surface area contributed by atoms with Crippen LogP contribution in [0.4, 0.5) is 0 Å². The van der Waals surface area contributed by atoms with E-state index in [2.05, 4.69) is 43.9 Å². The number of aliphatic hydroxyl groups excluding tert-OH is 1. The van der Waals surface area contributed by atoms with Gasteiger partial charge in [-0.3, -0.25) is 0 Å². The first-order valence-electron chi connectivity index (χ1n) is 7.57. The highest BCUT2D eigenvalue weighted by atomic mass is 16.3. The molecule has 106 valence electrons. The topological polar surface area (TPSA) is 23.5 Å². The average Bonchev–Trinajstić information content (AvgIpc) is 3.12. The van der Waals surface area contributed by atoms with Gasteiger partial charge in [0.2, 0.25) is 0 Å². The Hall–Kier alpha value is -0.860. The van der Waals surface area contributed by atoms with Crippen molar-refractivity contribution < 1.29 is 5.11 Å². The first-order chi connectivity index (χ1) is 9.10. The number of aryl methyl sites for hydroxylation is 2. The molecular formula is C17H27NO. The molecule has 1 unspecified atom stereocenters. The van der Waals surface area contributed by atoms with Gasteiger partial charge in [0.05, 0.1) is 6.10 Å². The summed E-state index contributed by atoms with van der Waals surface area (Å²) in [5.41, 5.74) is 3.55. The monoisotopic (exact) mass is 261 g/mol. The molecule has 0 saturated heterocycles. The van der Waals surface area contributed by atoms with Gasteiger partial charge in [0.25, 0.3) is 0 Å². The van der Waals surface area contributed by atoms with E-state index in [0.717, 1.165) is 37.5 Å². The lowest BCUT2D eigenvalue weighted by atomic mass is 10.0. The minimum absolute atomic E-state index is 0.356. The number of aliphatic hydroxyl groups is 1. The summed E-state index contributed by atoms with van der Waals surface area (Å²) < 4.78 is 0. The Kier molecular flexibility index (Phi) is 5.00. The lowest BCUT2D eigenvalue weighted by molar-refractivity contribution is 0.110. The van der Waals surface area contributed by atoms with Crippen LogP contribution in [0.25, 0.3) is 0 Å². The maximum atomic E-state index is 10.5. The maximum Gasteiger partial charge on any atom is 0.0919 e. The summed E-state index contributed by atoms with van der Waals surface area (Å²) in [5, 5.41) is 10.5. The van der Waals surface area contributed by atoms with Gasteiger partial charge >= 0.3 is 0 Å². The Labute approximate surface area is 117 Å². The molecule has 0 amide bonds. The molecule has 19 heavy (non-hydrogen) atoms. The second kappa shape index (κ2) is 6.53. The zero-order chi connectivity index (χ0) is 13.8. The van der Waals surface area contributed by atoms with E-state index < -0.39 is 0 Å². The minimum atomic E-state index is -0.356. The normalized spacial score (nSPS) is 16.9. The van der Waals surface area contributed by atoms with Crippen LogP contribution in [-0.2, 0) is 0 Å². The van der Waals surface area contributed by atoms with Crippen molar-refractivity contribution in [3.63, 3.8) is 0 Å². The van der Waals surface area contributed by atoms with Crippen LogP contribution in [0.15, 0.2) is 18.2 Å². The van der Waals surface area contributed by atoms with Gasteiger partial charge in [0.1, 0.15) is 0 Å². The highest BCUT2D eigenvalue weighted by molar-refractivity contribution is 5.32. The molecule has 0 bridgehead atoms. The van der Waals surface area contributed by atoms with Gasteiger partial charge < -0.3 is 10.0 Å². The molecule has 0 aromatic heterocycles. The molecule has 0 spiro atoms. The number of rotatable bonds is 7. The second-order valence-electron chi connectivity index (χ2n) is 6.08. The summed E-state index contributed by atoms with van der Waals surface area (Å²) in [6.07, 6.45) is 3.55. The molecule has 1 fully saturated rings. The molecule has 2 heteroatoms. The Morgan fingerprint density at radius 3 is 2.63 bits per heavy atom. The van der Waals surface area contributed by atoms with Gasteiger partial charge in [-0.1, -0.05) is 30.7 Å². The van der Waals surface area contributed by atoms with Gasteiger partial charge in [-0.05, 0) is 56.7 Å². The first-order valence-corrected chi connectivity index (χ1v) is 7.57. The lowest BCUT2D eigenvalue weighted by Crippen LogP contribution is -2.31. The van der Waals surface area contributed by atoms with Gasteiger partial charge in [-0.15, -0.1) is 0 Å². The van der Waals surface area contributed by atoms with E-state index in [9.17, 15) is 5.11 Å². The summed E-state index contributed by atoms with van der Waals surface area (Å²) >= 11 is 0. The summed E-state index contributed by atoms with van der Waals surface area (Å²) in [7, 11) is 0. The molecule has 1 atom stereocenters. The zero-order valence-corrected chi connectivity index (χ0v) is 12.5. The Morgan fingerprint density at radius 2 is 2.05 bits per heavy atom. The third kappa shape index (κ3) is 4.32. The van der Waals surface area contributed by atoms with Crippen molar-refractivity contribution in [1.29, 1.82) is 0 Å². The predicted octanol–water partition coefficient (Wildman–Crippen LogP) is 3.46. The summed E-state index contributed by atoms with van der Waals surface area (Å²) in [5.74, 6) is 0.887. The van der Waals surface area contributed by atoms with Crippen molar-refractivity contribution in [2.24, 2.45) is 5.92 Å². The van der Waals surface area contributed by atoms with Crippen LogP contribution >= 0.6 is 0 Å². The van der Waals surface area contributed by atoms with Crippen molar-refractivity contribution in [3.8, 4) is 0 Å². The number of benzene rings is 1. The van der Waals surface area contributed by atoms with Crippen LogP contribution in [0.2, 0.25) is 0 Å². The first kappa shape index (κ1) is 14.5. The van der Waals surface area contributed by atoms with E-state index in [1.54, 1.807) is 0 Å². The van der Waals surface area contributed by atoms with Gasteiger partial charge in [-0.25, -0.2) is 0 Å². The molecule has 1 aromatic rings. The summed E-state index contributed by atoms with van der Waals surface area (Å²) in [6, 6.07) is 6.33. The quantitative estimate of drug-likeness (QED) is 0.812. The Bertz CT molecular complexity index is 412. The van der Waals surface area contributed by atoms with E-state index in [1.807, 2.05) is 0 Å². The highest BCUT2D eigenvalue weighted by Crippen LogP contribution is 2.30. The van der Waals surface area contributed by atoms with Crippen molar-refractivity contribution >= 4 is 0 Å². The molecule has 1 saturated carbocycles. The fraction of sp³-hybridized carbons (Fsp3) is 0.647. The molecular weight excluding hydrogens is 234 g/mol. The molecule has 1 aliphatic carbocycles. The number of hydrogen-bond acceptors (Lipinski definition) is 2.